The number of hydrogen-bond acceptors (Lipinski definition) is 3. The third-order valence-corrected chi connectivity index (χ3v) is 7.31. The summed E-state index contributed by atoms with van der Waals surface area (Å²) in [7, 11) is 0. The van der Waals surface area contributed by atoms with E-state index in [-0.39, 0.29) is 25.6 Å². The molecule has 3 rings (SSSR count). The molecule has 0 aromatic carbocycles. The molecule has 3 aliphatic rings. The highest BCUT2D eigenvalue weighted by Gasteiger charge is 2.21. The zero-order chi connectivity index (χ0) is 16.2. The molecule has 0 radical (unpaired) electrons. The van der Waals surface area contributed by atoms with E-state index in [4.69, 9.17) is 9.94 Å². The van der Waals surface area contributed by atoms with Gasteiger partial charge in [0.05, 0.1) is 5.71 Å². The lowest BCUT2D eigenvalue weighted by atomic mass is 9.92. The topological polar surface area (TPSA) is 41.8 Å². The number of nitrogens with zero attached hydrogens (tertiary/aromatic N) is 1. The molecule has 5 heteroatoms. The minimum atomic E-state index is -0.0604. The van der Waals surface area contributed by atoms with Gasteiger partial charge in [0.25, 0.3) is 0 Å². The zero-order valence-corrected chi connectivity index (χ0v) is 16.6. The molecule has 2 aliphatic carbocycles. The highest BCUT2D eigenvalue weighted by Crippen LogP contribution is 2.32. The maximum absolute atomic E-state index is 9.06. The van der Waals surface area contributed by atoms with Crippen LogP contribution in [0, 0.1) is 5.92 Å². The van der Waals surface area contributed by atoms with Crippen molar-refractivity contribution in [2.45, 2.75) is 24.6 Å². The predicted octanol–water partition coefficient (Wildman–Crippen LogP) is 5.00. The summed E-state index contributed by atoms with van der Waals surface area (Å²) >= 11 is 3.52. The van der Waals surface area contributed by atoms with Crippen LogP contribution in [0.25, 0.3) is 0 Å². The fourth-order valence-electron chi connectivity index (χ4n) is 2.72. The molecule has 0 amide bonds. The Balaban J connectivity index is 1.67. The molecule has 122 valence electrons. The van der Waals surface area contributed by atoms with Crippen molar-refractivity contribution in [2.24, 2.45) is 11.1 Å². The van der Waals surface area contributed by atoms with Crippen molar-refractivity contribution in [1.29, 1.82) is 0 Å². The van der Waals surface area contributed by atoms with Crippen molar-refractivity contribution in [3.8, 4) is 0 Å². The van der Waals surface area contributed by atoms with Crippen LogP contribution in [0.5, 0.6) is 0 Å². The molecular weight excluding hydrogens is 469 g/mol. The number of allylic oxidation sites excluding steroid dienone is 8. The Labute approximate surface area is 155 Å². The van der Waals surface area contributed by atoms with Crippen LogP contribution in [0.1, 0.15) is 19.8 Å². The quantitative estimate of drug-likeness (QED) is 0.199. The maximum Gasteiger partial charge on any atom is 0.124 e. The van der Waals surface area contributed by atoms with E-state index in [1.54, 1.807) is 6.92 Å². The van der Waals surface area contributed by atoms with Crippen LogP contribution in [0.15, 0.2) is 62.6 Å². The van der Waals surface area contributed by atoms with Gasteiger partial charge in [-0.2, -0.15) is 0 Å². The van der Waals surface area contributed by atoms with E-state index in [2.05, 4.69) is 61.6 Å². The van der Waals surface area contributed by atoms with Crippen molar-refractivity contribution < 1.29 is 9.94 Å². The van der Waals surface area contributed by atoms with E-state index in [1.165, 1.54) is 9.08 Å². The van der Waals surface area contributed by atoms with Crippen LogP contribution in [-0.2, 0) is 4.74 Å². The highest BCUT2D eigenvalue weighted by atomic mass is 127. The summed E-state index contributed by atoms with van der Waals surface area (Å²) in [5.74, 6) is 1.36. The molecule has 2 unspecified atom stereocenters. The lowest BCUT2D eigenvalue weighted by Gasteiger charge is -2.24. The van der Waals surface area contributed by atoms with Crippen LogP contribution >= 0.6 is 36.7 Å². The van der Waals surface area contributed by atoms with E-state index in [0.717, 1.165) is 24.2 Å². The van der Waals surface area contributed by atoms with Gasteiger partial charge in [0, 0.05) is 19.8 Å². The number of alkyl halides is 1. The molecule has 1 N–H and O–H groups in total. The third kappa shape index (κ3) is 4.12. The molecule has 2 atom stereocenters. The second kappa shape index (κ2) is 7.75. The minimum absolute atomic E-state index is 0.0604. The number of hydrogen-bond donors (Lipinski definition) is 1. The smallest absolute Gasteiger partial charge is 0.124 e. The van der Waals surface area contributed by atoms with Gasteiger partial charge in [0.2, 0.25) is 0 Å². The highest BCUT2D eigenvalue weighted by molar-refractivity contribution is 14.2. The molecular formula is C18H19BrINO2. The summed E-state index contributed by atoms with van der Waals surface area (Å²) in [5.41, 5.74) is 2.94. The number of oxime groups is 1. The SMILES string of the molecule is C/C(=N/O)C1=CC(Br)CC=C1OCC1=IC=C2C=CC=CC2C1. The molecule has 23 heavy (non-hydrogen) atoms. The van der Waals surface area contributed by atoms with Gasteiger partial charge in [0.15, 0.2) is 0 Å². The van der Waals surface area contributed by atoms with Gasteiger partial charge in [-0.25, -0.2) is 0 Å². The lowest BCUT2D eigenvalue weighted by Crippen LogP contribution is -2.18. The first-order chi connectivity index (χ1) is 11.2. The first-order valence-corrected chi connectivity index (χ1v) is 10.8. The molecule has 3 nitrogen and oxygen atoms in total. The van der Waals surface area contributed by atoms with Crippen molar-refractivity contribution in [3.63, 3.8) is 0 Å². The van der Waals surface area contributed by atoms with Gasteiger partial charge >= 0.3 is 0 Å². The average molecular weight is 488 g/mol. The molecule has 0 aromatic rings. The monoisotopic (exact) mass is 487 g/mol. The van der Waals surface area contributed by atoms with E-state index >= 15 is 0 Å². The predicted molar refractivity (Wildman–Crippen MR) is 108 cm³/mol. The van der Waals surface area contributed by atoms with Crippen LogP contribution in [0.2, 0.25) is 0 Å². The Morgan fingerprint density at radius 1 is 1.48 bits per heavy atom. The van der Waals surface area contributed by atoms with Gasteiger partial charge < -0.3 is 9.94 Å². The Bertz CT molecular complexity index is 698. The number of halogens is 2. The molecule has 0 bridgehead atoms. The molecule has 0 fully saturated rings. The largest absolute Gasteiger partial charge is 0.488 e. The molecule has 0 saturated heterocycles. The summed E-state index contributed by atoms with van der Waals surface area (Å²) in [5, 5.41) is 12.4. The lowest BCUT2D eigenvalue weighted by molar-refractivity contribution is 0.266. The van der Waals surface area contributed by atoms with Gasteiger partial charge in [-0.1, -0.05) is 72.2 Å². The van der Waals surface area contributed by atoms with E-state index < -0.39 is 0 Å². The minimum Gasteiger partial charge on any atom is -0.488 e. The van der Waals surface area contributed by atoms with Crippen LogP contribution in [0.3, 0.4) is 0 Å². The van der Waals surface area contributed by atoms with Crippen LogP contribution in [0.4, 0.5) is 0 Å². The summed E-state index contributed by atoms with van der Waals surface area (Å²) in [6.07, 6.45) is 14.9. The van der Waals surface area contributed by atoms with Gasteiger partial charge in [-0.3, -0.25) is 0 Å². The fraction of sp³-hybridized carbons (Fsp3) is 0.333. The van der Waals surface area contributed by atoms with E-state index in [0.29, 0.717) is 18.2 Å². The Kier molecular flexibility index (Phi) is 5.69. The summed E-state index contributed by atoms with van der Waals surface area (Å²) in [6.45, 7) is 2.46. The average Bonchev–Trinajstić information content (AvgIpc) is 2.59. The standard InChI is InChI=1S/C18H19BrINO2/c1-12(21-22)17-9-15(19)6-7-18(17)23-11-16-8-13-4-2-3-5-14(13)10-20-16/h2-5,7,9-10,13,15,22H,6,8,11H2,1H3/b21-12-. The number of ether oxygens (including phenoxy) is 1. The molecule has 1 aliphatic heterocycles. The molecule has 0 aromatic heterocycles. The Hall–Kier alpha value is -0.950. The molecule has 1 heterocycles. The van der Waals surface area contributed by atoms with E-state index in [9.17, 15) is 0 Å². The van der Waals surface area contributed by atoms with E-state index in [1.807, 2.05) is 0 Å². The fourth-order valence-corrected chi connectivity index (χ4v) is 5.71. The summed E-state index contributed by atoms with van der Waals surface area (Å²) < 4.78 is 10.0. The van der Waals surface area contributed by atoms with Crippen LogP contribution in [-0.4, -0.2) is 25.9 Å². The third-order valence-electron chi connectivity index (χ3n) is 4.01. The first-order valence-electron chi connectivity index (χ1n) is 7.58. The van der Waals surface area contributed by atoms with Crippen molar-refractivity contribution in [3.05, 3.63) is 57.4 Å². The zero-order valence-electron chi connectivity index (χ0n) is 12.9. The maximum atomic E-state index is 9.06. The first kappa shape index (κ1) is 16.9. The van der Waals surface area contributed by atoms with Crippen molar-refractivity contribution >= 4 is 45.9 Å². The number of rotatable bonds is 4. The van der Waals surface area contributed by atoms with Gasteiger partial charge in [0.1, 0.15) is 12.4 Å². The van der Waals surface area contributed by atoms with Crippen molar-refractivity contribution in [2.75, 3.05) is 6.61 Å². The van der Waals surface area contributed by atoms with Gasteiger partial charge in [-0.05, 0) is 35.5 Å². The van der Waals surface area contributed by atoms with Gasteiger partial charge in [-0.15, -0.1) is 0 Å². The summed E-state index contributed by atoms with van der Waals surface area (Å²) in [6, 6.07) is 0. The molecule has 0 spiro atoms. The number of fused-ring (bicyclic) bond motifs is 1. The molecule has 0 saturated carbocycles. The Morgan fingerprint density at radius 2 is 2.35 bits per heavy atom. The second-order valence-electron chi connectivity index (χ2n) is 5.66. The summed E-state index contributed by atoms with van der Waals surface area (Å²) in [4.78, 5) is 0.265. The normalized spacial score (nSPS) is 27.1. The second-order valence-corrected chi connectivity index (χ2v) is 9.61. The Morgan fingerprint density at radius 3 is 3.17 bits per heavy atom. The van der Waals surface area contributed by atoms with Crippen molar-refractivity contribution in [1.82, 2.24) is 0 Å². The van der Waals surface area contributed by atoms with Crippen LogP contribution < -0.4 is 0 Å².